The standard InChI is InChI=1S/C12H23N3O2/c16-12(11-2-1-3-13-10-11)14-4-5-15-6-8-17-9-7-15/h11,13H,1-10H2,(H,14,16). The molecule has 17 heavy (non-hydrogen) atoms. The van der Waals surface area contributed by atoms with Crippen LogP contribution < -0.4 is 10.6 Å². The van der Waals surface area contributed by atoms with Crippen molar-refractivity contribution in [2.45, 2.75) is 12.8 Å². The van der Waals surface area contributed by atoms with Gasteiger partial charge in [-0.05, 0) is 19.4 Å². The minimum absolute atomic E-state index is 0.174. The van der Waals surface area contributed by atoms with Crippen LogP contribution in [0.15, 0.2) is 0 Å². The summed E-state index contributed by atoms with van der Waals surface area (Å²) in [5.41, 5.74) is 0. The predicted octanol–water partition coefficient (Wildman–Crippen LogP) is -0.566. The Balaban J connectivity index is 1.58. The fourth-order valence-corrected chi connectivity index (χ4v) is 2.38. The minimum atomic E-state index is 0.174. The third-order valence-electron chi connectivity index (χ3n) is 3.50. The Morgan fingerprint density at radius 1 is 1.41 bits per heavy atom. The molecule has 2 saturated heterocycles. The summed E-state index contributed by atoms with van der Waals surface area (Å²) < 4.78 is 5.29. The van der Waals surface area contributed by atoms with E-state index in [0.717, 1.165) is 65.3 Å². The Kier molecular flexibility index (Phi) is 5.22. The maximum absolute atomic E-state index is 11.8. The van der Waals surface area contributed by atoms with E-state index < -0.39 is 0 Å². The van der Waals surface area contributed by atoms with E-state index in [9.17, 15) is 4.79 Å². The van der Waals surface area contributed by atoms with Gasteiger partial charge in [0.1, 0.15) is 0 Å². The summed E-state index contributed by atoms with van der Waals surface area (Å²) >= 11 is 0. The van der Waals surface area contributed by atoms with Gasteiger partial charge in [0.15, 0.2) is 0 Å². The molecule has 1 atom stereocenters. The first-order valence-corrected chi connectivity index (χ1v) is 6.65. The molecule has 98 valence electrons. The minimum Gasteiger partial charge on any atom is -0.379 e. The second-order valence-corrected chi connectivity index (χ2v) is 4.79. The fraction of sp³-hybridized carbons (Fsp3) is 0.917. The van der Waals surface area contributed by atoms with E-state index in [0.29, 0.717) is 0 Å². The van der Waals surface area contributed by atoms with Crippen LogP contribution in [0.5, 0.6) is 0 Å². The number of rotatable bonds is 4. The maximum atomic E-state index is 11.8. The van der Waals surface area contributed by atoms with Crippen LogP contribution in [-0.2, 0) is 9.53 Å². The normalized spacial score (nSPS) is 26.7. The average Bonchev–Trinajstić information content (AvgIpc) is 2.41. The number of nitrogens with zero attached hydrogens (tertiary/aromatic N) is 1. The van der Waals surface area contributed by atoms with Gasteiger partial charge in [0.05, 0.1) is 19.1 Å². The van der Waals surface area contributed by atoms with Gasteiger partial charge in [-0.1, -0.05) is 0 Å². The lowest BCUT2D eigenvalue weighted by molar-refractivity contribution is -0.125. The predicted molar refractivity (Wildman–Crippen MR) is 65.9 cm³/mol. The Labute approximate surface area is 103 Å². The van der Waals surface area contributed by atoms with E-state index in [2.05, 4.69) is 15.5 Å². The van der Waals surface area contributed by atoms with Crippen LogP contribution in [0.1, 0.15) is 12.8 Å². The highest BCUT2D eigenvalue weighted by Gasteiger charge is 2.20. The highest BCUT2D eigenvalue weighted by atomic mass is 16.5. The molecule has 1 amide bonds. The zero-order chi connectivity index (χ0) is 11.9. The van der Waals surface area contributed by atoms with Gasteiger partial charge in [0, 0.05) is 32.7 Å². The first kappa shape index (κ1) is 12.8. The van der Waals surface area contributed by atoms with Crippen molar-refractivity contribution in [3.8, 4) is 0 Å². The SMILES string of the molecule is O=C(NCCN1CCOCC1)C1CCCNC1. The number of hydrogen-bond donors (Lipinski definition) is 2. The molecule has 2 heterocycles. The second kappa shape index (κ2) is 6.93. The molecule has 2 rings (SSSR count). The number of carbonyl (C=O) groups is 1. The fourth-order valence-electron chi connectivity index (χ4n) is 2.38. The van der Waals surface area contributed by atoms with Crippen LogP contribution in [0.2, 0.25) is 0 Å². The lowest BCUT2D eigenvalue weighted by Gasteiger charge is -2.27. The molecule has 0 spiro atoms. The van der Waals surface area contributed by atoms with Gasteiger partial charge in [-0.2, -0.15) is 0 Å². The molecule has 0 aromatic heterocycles. The van der Waals surface area contributed by atoms with E-state index in [1.165, 1.54) is 0 Å². The summed E-state index contributed by atoms with van der Waals surface area (Å²) in [5.74, 6) is 0.388. The van der Waals surface area contributed by atoms with Crippen molar-refractivity contribution < 1.29 is 9.53 Å². The van der Waals surface area contributed by atoms with E-state index in [4.69, 9.17) is 4.74 Å². The molecule has 2 aliphatic heterocycles. The summed E-state index contributed by atoms with van der Waals surface area (Å²) in [6.45, 7) is 7.20. The number of morpholine rings is 1. The molecular weight excluding hydrogens is 218 g/mol. The molecule has 5 heteroatoms. The van der Waals surface area contributed by atoms with Gasteiger partial charge in [-0.25, -0.2) is 0 Å². The molecule has 0 aliphatic carbocycles. The molecule has 5 nitrogen and oxygen atoms in total. The van der Waals surface area contributed by atoms with Crippen LogP contribution >= 0.6 is 0 Å². The van der Waals surface area contributed by atoms with Crippen LogP contribution in [-0.4, -0.2) is 63.3 Å². The molecular formula is C12H23N3O2. The zero-order valence-electron chi connectivity index (χ0n) is 10.4. The van der Waals surface area contributed by atoms with Gasteiger partial charge in [0.2, 0.25) is 5.91 Å². The number of nitrogens with one attached hydrogen (secondary N) is 2. The second-order valence-electron chi connectivity index (χ2n) is 4.79. The monoisotopic (exact) mass is 241 g/mol. The highest BCUT2D eigenvalue weighted by Crippen LogP contribution is 2.09. The Morgan fingerprint density at radius 2 is 2.24 bits per heavy atom. The van der Waals surface area contributed by atoms with Crippen molar-refractivity contribution >= 4 is 5.91 Å². The third kappa shape index (κ3) is 4.26. The summed E-state index contributed by atoms with van der Waals surface area (Å²) in [6, 6.07) is 0. The maximum Gasteiger partial charge on any atom is 0.224 e. The summed E-state index contributed by atoms with van der Waals surface area (Å²) in [6.07, 6.45) is 2.14. The lowest BCUT2D eigenvalue weighted by Crippen LogP contribution is -2.44. The molecule has 0 aromatic rings. The molecule has 0 saturated carbocycles. The summed E-state index contributed by atoms with van der Waals surface area (Å²) in [7, 11) is 0. The largest absolute Gasteiger partial charge is 0.379 e. The summed E-state index contributed by atoms with van der Waals surface area (Å²) in [5, 5.41) is 6.31. The Morgan fingerprint density at radius 3 is 2.94 bits per heavy atom. The average molecular weight is 241 g/mol. The number of amides is 1. The van der Waals surface area contributed by atoms with Crippen molar-refractivity contribution in [2.75, 3.05) is 52.5 Å². The van der Waals surface area contributed by atoms with Crippen LogP contribution in [0, 0.1) is 5.92 Å². The van der Waals surface area contributed by atoms with E-state index in [1.54, 1.807) is 0 Å². The first-order chi connectivity index (χ1) is 8.36. The van der Waals surface area contributed by atoms with E-state index in [1.807, 2.05) is 0 Å². The molecule has 2 aliphatic rings. The highest BCUT2D eigenvalue weighted by molar-refractivity contribution is 5.78. The van der Waals surface area contributed by atoms with Crippen LogP contribution in [0.3, 0.4) is 0 Å². The molecule has 0 bridgehead atoms. The Bertz CT molecular complexity index is 236. The quantitative estimate of drug-likeness (QED) is 0.692. The molecule has 0 aromatic carbocycles. The summed E-state index contributed by atoms with van der Waals surface area (Å²) in [4.78, 5) is 14.2. The molecule has 2 fully saturated rings. The van der Waals surface area contributed by atoms with E-state index >= 15 is 0 Å². The number of ether oxygens (including phenoxy) is 1. The topological polar surface area (TPSA) is 53.6 Å². The smallest absolute Gasteiger partial charge is 0.224 e. The number of carbonyl (C=O) groups excluding carboxylic acids is 1. The van der Waals surface area contributed by atoms with Gasteiger partial charge in [-0.3, -0.25) is 9.69 Å². The van der Waals surface area contributed by atoms with Crippen molar-refractivity contribution in [1.82, 2.24) is 15.5 Å². The van der Waals surface area contributed by atoms with Crippen molar-refractivity contribution in [1.29, 1.82) is 0 Å². The first-order valence-electron chi connectivity index (χ1n) is 6.65. The molecule has 1 unspecified atom stereocenters. The lowest BCUT2D eigenvalue weighted by atomic mass is 9.99. The van der Waals surface area contributed by atoms with Gasteiger partial charge < -0.3 is 15.4 Å². The van der Waals surface area contributed by atoms with E-state index in [-0.39, 0.29) is 11.8 Å². The Hall–Kier alpha value is -0.650. The third-order valence-corrected chi connectivity index (χ3v) is 3.50. The number of hydrogen-bond acceptors (Lipinski definition) is 4. The number of piperidine rings is 1. The molecule has 2 N–H and O–H groups in total. The van der Waals surface area contributed by atoms with Crippen LogP contribution in [0.4, 0.5) is 0 Å². The van der Waals surface area contributed by atoms with Gasteiger partial charge in [-0.15, -0.1) is 0 Å². The zero-order valence-corrected chi connectivity index (χ0v) is 10.4. The molecule has 0 radical (unpaired) electrons. The van der Waals surface area contributed by atoms with Gasteiger partial charge >= 0.3 is 0 Å². The van der Waals surface area contributed by atoms with Gasteiger partial charge in [0.25, 0.3) is 0 Å². The van der Waals surface area contributed by atoms with Crippen LogP contribution in [0.25, 0.3) is 0 Å². The van der Waals surface area contributed by atoms with Crippen molar-refractivity contribution in [3.63, 3.8) is 0 Å². The van der Waals surface area contributed by atoms with Crippen molar-refractivity contribution in [2.24, 2.45) is 5.92 Å². The van der Waals surface area contributed by atoms with Crippen molar-refractivity contribution in [3.05, 3.63) is 0 Å².